The Morgan fingerprint density at radius 1 is 1.39 bits per heavy atom. The number of carbonyl (C=O) groups is 1. The van der Waals surface area contributed by atoms with Crippen LogP contribution in [0.3, 0.4) is 0 Å². The lowest BCUT2D eigenvalue weighted by atomic mass is 9.96. The number of ether oxygens (including phenoxy) is 3. The van der Waals surface area contributed by atoms with Crippen LogP contribution in [0.15, 0.2) is 24.3 Å². The van der Waals surface area contributed by atoms with Crippen LogP contribution in [0.2, 0.25) is 0 Å². The van der Waals surface area contributed by atoms with Crippen LogP contribution < -0.4 is 14.8 Å². The highest BCUT2D eigenvalue weighted by molar-refractivity contribution is 5.93. The number of carbonyl (C=O) groups excluding carboxylic acids is 1. The van der Waals surface area contributed by atoms with Crippen LogP contribution in [0.25, 0.3) is 6.08 Å². The van der Waals surface area contributed by atoms with Gasteiger partial charge in [0.2, 0.25) is 6.79 Å². The van der Waals surface area contributed by atoms with Crippen LogP contribution in [-0.4, -0.2) is 37.4 Å². The number of benzene rings is 1. The summed E-state index contributed by atoms with van der Waals surface area (Å²) in [5.74, 6) is 1.57. The molecule has 0 amide bonds. The molecular weight excluding hydrogens is 294 g/mol. The molecule has 0 saturated carbocycles. The van der Waals surface area contributed by atoms with Crippen LogP contribution in [-0.2, 0) is 9.53 Å². The molecule has 5 heteroatoms. The first-order chi connectivity index (χ1) is 11.0. The molecule has 2 heterocycles. The fraction of sp³-hybridized carbons (Fsp3) is 0.500. The van der Waals surface area contributed by atoms with Crippen molar-refractivity contribution in [2.24, 2.45) is 0 Å². The summed E-state index contributed by atoms with van der Waals surface area (Å²) in [4.78, 5) is 12.1. The maximum Gasteiger partial charge on any atom is 0.231 e. The van der Waals surface area contributed by atoms with Crippen molar-refractivity contribution in [2.75, 3.05) is 19.9 Å². The van der Waals surface area contributed by atoms with Crippen molar-refractivity contribution in [1.82, 2.24) is 5.32 Å². The summed E-state index contributed by atoms with van der Waals surface area (Å²) >= 11 is 0. The van der Waals surface area contributed by atoms with Gasteiger partial charge in [0.15, 0.2) is 17.3 Å². The van der Waals surface area contributed by atoms with Gasteiger partial charge in [-0.1, -0.05) is 12.1 Å². The van der Waals surface area contributed by atoms with Gasteiger partial charge in [0.1, 0.15) is 0 Å². The third-order valence-corrected chi connectivity index (χ3v) is 4.17. The van der Waals surface area contributed by atoms with Crippen LogP contribution >= 0.6 is 0 Å². The summed E-state index contributed by atoms with van der Waals surface area (Å²) in [5, 5.41) is 3.35. The summed E-state index contributed by atoms with van der Waals surface area (Å²) in [5.41, 5.74) is 0.665. The number of ketones is 1. The van der Waals surface area contributed by atoms with Crippen molar-refractivity contribution in [3.8, 4) is 11.5 Å². The maximum atomic E-state index is 12.1. The summed E-state index contributed by atoms with van der Waals surface area (Å²) in [7, 11) is 0. The van der Waals surface area contributed by atoms with Crippen molar-refractivity contribution in [3.05, 3.63) is 29.8 Å². The monoisotopic (exact) mass is 317 g/mol. The van der Waals surface area contributed by atoms with Gasteiger partial charge in [0.05, 0.1) is 11.7 Å². The van der Waals surface area contributed by atoms with Gasteiger partial charge in [-0.05, 0) is 44.0 Å². The molecule has 124 valence electrons. The number of hydrogen-bond donors (Lipinski definition) is 1. The van der Waals surface area contributed by atoms with Crippen molar-refractivity contribution in [2.45, 2.75) is 38.4 Å². The van der Waals surface area contributed by atoms with Gasteiger partial charge in [-0.2, -0.15) is 0 Å². The average molecular weight is 317 g/mol. The van der Waals surface area contributed by atoms with Crippen LogP contribution in [0, 0.1) is 0 Å². The Labute approximate surface area is 136 Å². The lowest BCUT2D eigenvalue weighted by Crippen LogP contribution is -2.51. The smallest absolute Gasteiger partial charge is 0.231 e. The highest BCUT2D eigenvalue weighted by Gasteiger charge is 2.31. The van der Waals surface area contributed by atoms with E-state index < -0.39 is 0 Å². The molecule has 2 atom stereocenters. The minimum Gasteiger partial charge on any atom is -0.454 e. The summed E-state index contributed by atoms with van der Waals surface area (Å²) in [6.07, 6.45) is 4.82. The second-order valence-electron chi connectivity index (χ2n) is 6.42. The second kappa shape index (κ2) is 6.72. The van der Waals surface area contributed by atoms with Crippen molar-refractivity contribution in [1.29, 1.82) is 0 Å². The molecule has 1 aromatic rings. The van der Waals surface area contributed by atoms with Gasteiger partial charge < -0.3 is 19.5 Å². The third kappa shape index (κ3) is 4.12. The molecule has 2 unspecified atom stereocenters. The van der Waals surface area contributed by atoms with E-state index in [1.165, 1.54) is 0 Å². The van der Waals surface area contributed by atoms with E-state index in [9.17, 15) is 4.79 Å². The molecule has 3 rings (SSSR count). The Balaban J connectivity index is 1.53. The molecule has 1 saturated heterocycles. The molecule has 23 heavy (non-hydrogen) atoms. The maximum absolute atomic E-state index is 12.1. The van der Waals surface area contributed by atoms with E-state index in [0.29, 0.717) is 12.8 Å². The molecule has 0 bridgehead atoms. The van der Waals surface area contributed by atoms with Gasteiger partial charge in [-0.15, -0.1) is 0 Å². The Kier molecular flexibility index (Phi) is 4.68. The SMILES string of the molecule is CC1CNCC(C)(CCC(=O)/C=C/c2ccc3c(c2)OCO3)O1. The molecule has 0 aromatic heterocycles. The van der Waals surface area contributed by atoms with Crippen LogP contribution in [0.5, 0.6) is 11.5 Å². The predicted octanol–water partition coefficient (Wildman–Crippen LogP) is 2.54. The number of rotatable bonds is 5. The largest absolute Gasteiger partial charge is 0.454 e. The lowest BCUT2D eigenvalue weighted by Gasteiger charge is -2.38. The molecule has 0 aliphatic carbocycles. The molecule has 1 N–H and O–H groups in total. The quantitative estimate of drug-likeness (QED) is 0.846. The van der Waals surface area contributed by atoms with Gasteiger partial charge >= 0.3 is 0 Å². The third-order valence-electron chi connectivity index (χ3n) is 4.17. The van der Waals surface area contributed by atoms with E-state index in [-0.39, 0.29) is 24.3 Å². The second-order valence-corrected chi connectivity index (χ2v) is 6.42. The van der Waals surface area contributed by atoms with E-state index in [2.05, 4.69) is 12.2 Å². The van der Waals surface area contributed by atoms with Crippen molar-refractivity contribution >= 4 is 11.9 Å². The van der Waals surface area contributed by atoms with Crippen molar-refractivity contribution < 1.29 is 19.0 Å². The highest BCUT2D eigenvalue weighted by atomic mass is 16.7. The first-order valence-electron chi connectivity index (χ1n) is 8.03. The molecule has 0 radical (unpaired) electrons. The van der Waals surface area contributed by atoms with E-state index in [0.717, 1.165) is 30.2 Å². The molecule has 5 nitrogen and oxygen atoms in total. The Morgan fingerprint density at radius 3 is 3.04 bits per heavy atom. The number of allylic oxidation sites excluding steroid dienone is 1. The molecule has 2 aliphatic heterocycles. The molecule has 1 fully saturated rings. The first-order valence-corrected chi connectivity index (χ1v) is 8.03. The Morgan fingerprint density at radius 2 is 2.22 bits per heavy atom. The predicted molar refractivity (Wildman–Crippen MR) is 87.7 cm³/mol. The zero-order valence-corrected chi connectivity index (χ0v) is 13.6. The topological polar surface area (TPSA) is 56.8 Å². The summed E-state index contributed by atoms with van der Waals surface area (Å²) in [6, 6.07) is 5.65. The van der Waals surface area contributed by atoms with Gasteiger partial charge in [0, 0.05) is 19.5 Å². The fourth-order valence-corrected chi connectivity index (χ4v) is 2.93. The summed E-state index contributed by atoms with van der Waals surface area (Å²) < 4.78 is 16.6. The molecular formula is C18H23NO4. The number of fused-ring (bicyclic) bond motifs is 1. The standard InChI is InChI=1S/C18H23NO4/c1-13-10-19-11-18(2,23-13)8-7-15(20)5-3-14-4-6-16-17(9-14)22-12-21-16/h3-6,9,13,19H,7-8,10-12H2,1-2H3/b5-3+. The Hall–Kier alpha value is -1.85. The van der Waals surface area contributed by atoms with E-state index in [1.54, 1.807) is 6.08 Å². The highest BCUT2D eigenvalue weighted by Crippen LogP contribution is 2.32. The van der Waals surface area contributed by atoms with Crippen LogP contribution in [0.4, 0.5) is 0 Å². The number of hydrogen-bond acceptors (Lipinski definition) is 5. The number of nitrogens with one attached hydrogen (secondary N) is 1. The van der Waals surface area contributed by atoms with Gasteiger partial charge in [-0.3, -0.25) is 4.79 Å². The van der Waals surface area contributed by atoms with E-state index >= 15 is 0 Å². The van der Waals surface area contributed by atoms with Gasteiger partial charge in [0.25, 0.3) is 0 Å². The van der Waals surface area contributed by atoms with E-state index in [4.69, 9.17) is 14.2 Å². The fourth-order valence-electron chi connectivity index (χ4n) is 2.93. The summed E-state index contributed by atoms with van der Waals surface area (Å²) in [6.45, 7) is 6.02. The lowest BCUT2D eigenvalue weighted by molar-refractivity contribution is -0.121. The first kappa shape index (κ1) is 16.0. The average Bonchev–Trinajstić information content (AvgIpc) is 2.98. The molecule has 2 aliphatic rings. The minimum atomic E-state index is -0.264. The molecule has 1 aromatic carbocycles. The van der Waals surface area contributed by atoms with Crippen LogP contribution in [0.1, 0.15) is 32.3 Å². The molecule has 0 spiro atoms. The number of morpholine rings is 1. The van der Waals surface area contributed by atoms with Gasteiger partial charge in [-0.25, -0.2) is 0 Å². The van der Waals surface area contributed by atoms with Crippen molar-refractivity contribution in [3.63, 3.8) is 0 Å². The normalized spacial score (nSPS) is 26.6. The zero-order valence-electron chi connectivity index (χ0n) is 13.6. The Bertz CT molecular complexity index is 613. The van der Waals surface area contributed by atoms with E-state index in [1.807, 2.05) is 31.2 Å². The minimum absolute atomic E-state index is 0.103. The zero-order chi connectivity index (χ0) is 16.3.